The minimum Gasteiger partial charge on any atom is -0.493 e. The summed E-state index contributed by atoms with van der Waals surface area (Å²) in [5.41, 5.74) is 4.29. The second-order valence-corrected chi connectivity index (χ2v) is 7.41. The number of nitrogens with zero attached hydrogens (tertiary/aromatic N) is 2. The third kappa shape index (κ3) is 4.50. The molecule has 150 valence electrons. The van der Waals surface area contributed by atoms with Gasteiger partial charge in [-0.1, -0.05) is 41.4 Å². The lowest BCUT2D eigenvalue weighted by atomic mass is 10.1. The van der Waals surface area contributed by atoms with Gasteiger partial charge in [0.2, 0.25) is 11.8 Å². The average molecular weight is 419 g/mol. The van der Waals surface area contributed by atoms with Gasteiger partial charge >= 0.3 is 0 Å². The van der Waals surface area contributed by atoms with E-state index in [9.17, 15) is 9.90 Å². The second-order valence-electron chi connectivity index (χ2n) is 6.97. The minimum absolute atomic E-state index is 0.0782. The molecule has 0 unspecified atom stereocenters. The van der Waals surface area contributed by atoms with Crippen molar-refractivity contribution in [3.05, 3.63) is 82.9 Å². The Morgan fingerprint density at radius 1 is 1.03 bits per heavy atom. The van der Waals surface area contributed by atoms with Crippen molar-refractivity contribution in [2.24, 2.45) is 10.2 Å². The van der Waals surface area contributed by atoms with E-state index in [1.807, 2.05) is 43.3 Å². The minimum atomic E-state index is -0.153. The number of nitrogens with one attached hydrogen (secondary N) is 2. The topological polar surface area (TPSA) is 89.8 Å². The van der Waals surface area contributed by atoms with Gasteiger partial charge in [-0.25, -0.2) is 0 Å². The fourth-order valence-corrected chi connectivity index (χ4v) is 3.18. The van der Waals surface area contributed by atoms with Gasteiger partial charge in [0.25, 0.3) is 0 Å². The third-order valence-electron chi connectivity index (χ3n) is 4.61. The Labute approximate surface area is 178 Å². The van der Waals surface area contributed by atoms with Crippen molar-refractivity contribution in [3.63, 3.8) is 0 Å². The van der Waals surface area contributed by atoms with Crippen molar-refractivity contribution in [3.8, 4) is 5.88 Å². The molecule has 1 amide bonds. The highest BCUT2D eigenvalue weighted by Crippen LogP contribution is 2.37. The van der Waals surface area contributed by atoms with E-state index in [0.717, 1.165) is 11.1 Å². The molecule has 3 N–H and O–H groups in total. The molecule has 4 aromatic rings. The molecule has 7 heteroatoms. The first-order chi connectivity index (χ1) is 14.5. The molecule has 0 aliphatic rings. The van der Waals surface area contributed by atoms with Crippen molar-refractivity contribution >= 4 is 45.5 Å². The van der Waals surface area contributed by atoms with E-state index in [1.165, 1.54) is 0 Å². The number of H-pyrrole nitrogens is 1. The molecule has 4 rings (SSSR count). The van der Waals surface area contributed by atoms with Crippen molar-refractivity contribution in [2.75, 3.05) is 5.32 Å². The van der Waals surface area contributed by atoms with Crippen molar-refractivity contribution < 1.29 is 9.90 Å². The SMILES string of the molecule is Cc1ccc(N=Nc2c(O)[nH]c3ccc(NC(=O)Cc4ccc(Cl)cc4)cc23)cc1. The van der Waals surface area contributed by atoms with Crippen LogP contribution in [0.4, 0.5) is 17.1 Å². The summed E-state index contributed by atoms with van der Waals surface area (Å²) in [7, 11) is 0. The number of aryl methyl sites for hydroxylation is 1. The largest absolute Gasteiger partial charge is 0.493 e. The van der Waals surface area contributed by atoms with E-state index in [-0.39, 0.29) is 18.2 Å². The Morgan fingerprint density at radius 3 is 2.50 bits per heavy atom. The second kappa shape index (κ2) is 8.39. The normalized spacial score (nSPS) is 11.3. The van der Waals surface area contributed by atoms with Crippen LogP contribution in [0.5, 0.6) is 5.88 Å². The van der Waals surface area contributed by atoms with E-state index in [2.05, 4.69) is 20.5 Å². The fraction of sp³-hybridized carbons (Fsp3) is 0.0870. The molecule has 0 spiro atoms. The first-order valence-corrected chi connectivity index (χ1v) is 9.73. The van der Waals surface area contributed by atoms with E-state index < -0.39 is 0 Å². The van der Waals surface area contributed by atoms with Gasteiger partial charge in [-0.3, -0.25) is 4.79 Å². The lowest BCUT2D eigenvalue weighted by Gasteiger charge is -2.06. The molecule has 1 aromatic heterocycles. The monoisotopic (exact) mass is 418 g/mol. The van der Waals surface area contributed by atoms with Crippen molar-refractivity contribution in [1.82, 2.24) is 4.98 Å². The first kappa shape index (κ1) is 19.7. The number of amides is 1. The highest BCUT2D eigenvalue weighted by molar-refractivity contribution is 6.30. The molecule has 0 bridgehead atoms. The van der Waals surface area contributed by atoms with Gasteiger partial charge in [-0.15, -0.1) is 5.11 Å². The summed E-state index contributed by atoms with van der Waals surface area (Å²) in [4.78, 5) is 15.3. The zero-order chi connectivity index (χ0) is 21.1. The van der Waals surface area contributed by atoms with Crippen LogP contribution in [-0.2, 0) is 11.2 Å². The quantitative estimate of drug-likeness (QED) is 0.326. The molecular weight excluding hydrogens is 400 g/mol. The number of carbonyl (C=O) groups is 1. The summed E-state index contributed by atoms with van der Waals surface area (Å²) >= 11 is 5.88. The number of halogens is 1. The number of rotatable bonds is 5. The summed E-state index contributed by atoms with van der Waals surface area (Å²) in [6.45, 7) is 2.00. The summed E-state index contributed by atoms with van der Waals surface area (Å²) < 4.78 is 0. The van der Waals surface area contributed by atoms with E-state index in [1.54, 1.807) is 30.3 Å². The molecule has 0 aliphatic carbocycles. The Kier molecular flexibility index (Phi) is 5.50. The number of hydrogen-bond donors (Lipinski definition) is 3. The maximum absolute atomic E-state index is 12.4. The molecule has 0 atom stereocenters. The molecule has 0 fully saturated rings. The Balaban J connectivity index is 1.55. The molecule has 0 radical (unpaired) electrons. The highest BCUT2D eigenvalue weighted by Gasteiger charge is 2.12. The molecule has 30 heavy (non-hydrogen) atoms. The van der Waals surface area contributed by atoms with E-state index in [0.29, 0.717) is 33.0 Å². The van der Waals surface area contributed by atoms with Crippen LogP contribution >= 0.6 is 11.6 Å². The van der Waals surface area contributed by atoms with Crippen LogP contribution in [0.25, 0.3) is 10.9 Å². The van der Waals surface area contributed by atoms with Gasteiger partial charge in [-0.05, 0) is 55.0 Å². The van der Waals surface area contributed by atoms with Gasteiger partial charge < -0.3 is 15.4 Å². The zero-order valence-electron chi connectivity index (χ0n) is 16.2. The Hall–Kier alpha value is -3.64. The highest BCUT2D eigenvalue weighted by atomic mass is 35.5. The summed E-state index contributed by atoms with van der Waals surface area (Å²) in [5.74, 6) is -0.232. The van der Waals surface area contributed by atoms with Gasteiger partial charge in [0, 0.05) is 16.1 Å². The maximum Gasteiger partial charge on any atom is 0.228 e. The number of aromatic amines is 1. The molecule has 0 saturated heterocycles. The number of hydrogen-bond acceptors (Lipinski definition) is 4. The Morgan fingerprint density at radius 2 is 1.77 bits per heavy atom. The Bertz CT molecular complexity index is 1230. The van der Waals surface area contributed by atoms with Crippen LogP contribution in [-0.4, -0.2) is 16.0 Å². The van der Waals surface area contributed by atoms with Crippen LogP contribution in [0.2, 0.25) is 5.02 Å². The predicted octanol–water partition coefficient (Wildman–Crippen LogP) is 6.43. The van der Waals surface area contributed by atoms with Gasteiger partial charge in [0.15, 0.2) is 5.69 Å². The molecule has 0 aliphatic heterocycles. The molecule has 6 nitrogen and oxygen atoms in total. The molecule has 1 heterocycles. The van der Waals surface area contributed by atoms with Crippen LogP contribution in [0.1, 0.15) is 11.1 Å². The predicted molar refractivity (Wildman–Crippen MR) is 119 cm³/mol. The summed E-state index contributed by atoms with van der Waals surface area (Å²) in [6.07, 6.45) is 0.230. The zero-order valence-corrected chi connectivity index (χ0v) is 16.9. The smallest absolute Gasteiger partial charge is 0.228 e. The number of anilines is 1. The lowest BCUT2D eigenvalue weighted by molar-refractivity contribution is -0.115. The van der Waals surface area contributed by atoms with Gasteiger partial charge in [0.1, 0.15) is 0 Å². The summed E-state index contributed by atoms with van der Waals surface area (Å²) in [5, 5.41) is 22.8. The van der Waals surface area contributed by atoms with E-state index in [4.69, 9.17) is 11.6 Å². The number of carbonyl (C=O) groups excluding carboxylic acids is 1. The van der Waals surface area contributed by atoms with Gasteiger partial charge in [0.05, 0.1) is 17.6 Å². The summed E-state index contributed by atoms with van der Waals surface area (Å²) in [6, 6.07) is 20.0. The van der Waals surface area contributed by atoms with Crippen molar-refractivity contribution in [2.45, 2.75) is 13.3 Å². The maximum atomic E-state index is 12.4. The number of fused-ring (bicyclic) bond motifs is 1. The van der Waals surface area contributed by atoms with Crippen LogP contribution < -0.4 is 5.32 Å². The average Bonchev–Trinajstić information content (AvgIpc) is 3.04. The van der Waals surface area contributed by atoms with Crippen molar-refractivity contribution in [1.29, 1.82) is 0 Å². The van der Waals surface area contributed by atoms with Gasteiger partial charge in [-0.2, -0.15) is 5.11 Å². The van der Waals surface area contributed by atoms with E-state index >= 15 is 0 Å². The third-order valence-corrected chi connectivity index (χ3v) is 4.87. The molecular formula is C23H19ClN4O2. The standard InChI is InChI=1S/C23H19ClN4O2/c1-14-2-8-17(9-3-14)27-28-22-19-13-18(10-11-20(19)26-23(22)30)25-21(29)12-15-4-6-16(24)7-5-15/h2-11,13,26,30H,12H2,1H3,(H,25,29). The number of aromatic hydroxyl groups is 1. The molecule has 3 aromatic carbocycles. The fourth-order valence-electron chi connectivity index (χ4n) is 3.05. The molecule has 0 saturated carbocycles. The van der Waals surface area contributed by atoms with Crippen LogP contribution in [0, 0.1) is 6.92 Å². The number of azo groups is 1. The lowest BCUT2D eigenvalue weighted by Crippen LogP contribution is -2.14. The van der Waals surface area contributed by atoms with Crippen LogP contribution in [0.15, 0.2) is 77.0 Å². The first-order valence-electron chi connectivity index (χ1n) is 9.35. The number of aromatic nitrogens is 1. The number of benzene rings is 3. The van der Waals surface area contributed by atoms with Crippen LogP contribution in [0.3, 0.4) is 0 Å².